The lowest BCUT2D eigenvalue weighted by Crippen LogP contribution is -2.48. The van der Waals surface area contributed by atoms with Gasteiger partial charge in [-0.1, -0.05) is 40.5 Å². The van der Waals surface area contributed by atoms with Crippen LogP contribution in [0.4, 0.5) is 11.4 Å². The van der Waals surface area contributed by atoms with E-state index in [4.69, 9.17) is 23.8 Å². The maximum Gasteiger partial charge on any atom is 0.257 e. The van der Waals surface area contributed by atoms with Crippen molar-refractivity contribution in [2.24, 2.45) is 0 Å². The van der Waals surface area contributed by atoms with Crippen molar-refractivity contribution in [1.82, 2.24) is 10.2 Å². The molecule has 1 fully saturated rings. The van der Waals surface area contributed by atoms with Crippen LogP contribution in [0.2, 0.25) is 5.02 Å². The molecule has 2 aromatic carbocycles. The number of carbonyl (C=O) groups excluding carboxylic acids is 2. The largest absolute Gasteiger partial charge is 0.366 e. The first-order valence-corrected chi connectivity index (χ1v) is 11.2. The predicted molar refractivity (Wildman–Crippen MR) is 128 cm³/mol. The Bertz CT molecular complexity index is 964. The molecule has 30 heavy (non-hydrogen) atoms. The highest BCUT2D eigenvalue weighted by molar-refractivity contribution is 9.10. The van der Waals surface area contributed by atoms with Crippen molar-refractivity contribution in [3.05, 3.63) is 57.5 Å². The quantitative estimate of drug-likeness (QED) is 0.602. The molecular formula is C21H22BrClN4O2S. The van der Waals surface area contributed by atoms with Gasteiger partial charge in [-0.3, -0.25) is 14.9 Å². The van der Waals surface area contributed by atoms with E-state index in [0.29, 0.717) is 48.9 Å². The van der Waals surface area contributed by atoms with Crippen molar-refractivity contribution in [1.29, 1.82) is 0 Å². The summed E-state index contributed by atoms with van der Waals surface area (Å²) in [6, 6.07) is 12.6. The molecule has 2 aromatic rings. The van der Waals surface area contributed by atoms with Crippen molar-refractivity contribution in [3.63, 3.8) is 0 Å². The van der Waals surface area contributed by atoms with E-state index in [1.54, 1.807) is 24.3 Å². The van der Waals surface area contributed by atoms with Gasteiger partial charge in [-0.25, -0.2) is 0 Å². The molecule has 6 nitrogen and oxygen atoms in total. The van der Waals surface area contributed by atoms with Crippen LogP contribution in [0.25, 0.3) is 0 Å². The lowest BCUT2D eigenvalue weighted by Gasteiger charge is -2.37. The molecule has 0 atom stereocenters. The summed E-state index contributed by atoms with van der Waals surface area (Å²) in [4.78, 5) is 28.4. The van der Waals surface area contributed by atoms with Crippen molar-refractivity contribution in [2.45, 2.75) is 13.3 Å². The second-order valence-corrected chi connectivity index (χ2v) is 8.56. The van der Waals surface area contributed by atoms with E-state index in [0.717, 1.165) is 10.2 Å². The summed E-state index contributed by atoms with van der Waals surface area (Å²) in [5, 5.41) is 6.53. The molecule has 0 radical (unpaired) electrons. The SMILES string of the molecule is CCC(=O)N1CCN(c2ccc(Cl)cc2NC(=S)NC(=O)c2cccc(Br)c2)CC1. The first-order valence-electron chi connectivity index (χ1n) is 9.57. The smallest absolute Gasteiger partial charge is 0.257 e. The minimum Gasteiger partial charge on any atom is -0.366 e. The molecule has 1 aliphatic heterocycles. The minimum absolute atomic E-state index is 0.167. The molecule has 1 aliphatic rings. The molecular weight excluding hydrogens is 488 g/mol. The summed E-state index contributed by atoms with van der Waals surface area (Å²) in [5.41, 5.74) is 2.12. The van der Waals surface area contributed by atoms with Gasteiger partial charge in [0.2, 0.25) is 5.91 Å². The summed E-state index contributed by atoms with van der Waals surface area (Å²) >= 11 is 14.9. The molecule has 0 aromatic heterocycles. The van der Waals surface area contributed by atoms with E-state index in [-0.39, 0.29) is 16.9 Å². The fraction of sp³-hybridized carbons (Fsp3) is 0.286. The Morgan fingerprint density at radius 2 is 1.87 bits per heavy atom. The van der Waals surface area contributed by atoms with Crippen LogP contribution in [0.1, 0.15) is 23.7 Å². The number of nitrogens with one attached hydrogen (secondary N) is 2. The number of thiocarbonyl (C=S) groups is 1. The highest BCUT2D eigenvalue weighted by atomic mass is 79.9. The van der Waals surface area contributed by atoms with Gasteiger partial charge >= 0.3 is 0 Å². The molecule has 0 spiro atoms. The van der Waals surface area contributed by atoms with E-state index < -0.39 is 0 Å². The Labute approximate surface area is 194 Å². The highest BCUT2D eigenvalue weighted by Crippen LogP contribution is 2.30. The van der Waals surface area contributed by atoms with Gasteiger partial charge < -0.3 is 15.1 Å². The Hall–Kier alpha value is -2.16. The van der Waals surface area contributed by atoms with Gasteiger partial charge in [0.1, 0.15) is 0 Å². The molecule has 0 saturated carbocycles. The van der Waals surface area contributed by atoms with Crippen LogP contribution in [0.5, 0.6) is 0 Å². The van der Waals surface area contributed by atoms with Gasteiger partial charge in [-0.05, 0) is 48.6 Å². The molecule has 0 unspecified atom stereocenters. The third kappa shape index (κ3) is 5.71. The second-order valence-electron chi connectivity index (χ2n) is 6.80. The number of hydrogen-bond acceptors (Lipinski definition) is 4. The number of hydrogen-bond donors (Lipinski definition) is 2. The standard InChI is InChI=1S/C21H22BrClN4O2S/c1-2-19(28)27-10-8-26(9-11-27)18-7-6-16(23)13-17(18)24-21(30)25-20(29)14-4-3-5-15(22)12-14/h3-7,12-13H,2,8-11H2,1H3,(H2,24,25,29,30). The highest BCUT2D eigenvalue weighted by Gasteiger charge is 2.22. The van der Waals surface area contributed by atoms with Gasteiger partial charge in [-0.15, -0.1) is 0 Å². The fourth-order valence-electron chi connectivity index (χ4n) is 3.26. The average molecular weight is 510 g/mol. The predicted octanol–water partition coefficient (Wildman–Crippen LogP) is 4.29. The van der Waals surface area contributed by atoms with E-state index in [1.807, 2.05) is 30.0 Å². The average Bonchev–Trinajstić information content (AvgIpc) is 2.73. The zero-order chi connectivity index (χ0) is 21.7. The number of amides is 2. The van der Waals surface area contributed by atoms with Crippen LogP contribution in [0.15, 0.2) is 46.9 Å². The van der Waals surface area contributed by atoms with E-state index in [1.165, 1.54) is 0 Å². The first kappa shape index (κ1) is 22.5. The lowest BCUT2D eigenvalue weighted by atomic mass is 10.2. The summed E-state index contributed by atoms with van der Waals surface area (Å²) < 4.78 is 0.812. The molecule has 9 heteroatoms. The van der Waals surface area contributed by atoms with Gasteiger partial charge in [0.05, 0.1) is 11.4 Å². The Balaban J connectivity index is 1.69. The van der Waals surface area contributed by atoms with Gasteiger partial charge in [0, 0.05) is 47.7 Å². The number of nitrogens with zero attached hydrogens (tertiary/aromatic N) is 2. The third-order valence-electron chi connectivity index (χ3n) is 4.80. The molecule has 0 bridgehead atoms. The van der Waals surface area contributed by atoms with Crippen molar-refractivity contribution in [3.8, 4) is 0 Å². The normalized spacial score (nSPS) is 13.7. The molecule has 1 heterocycles. The molecule has 1 saturated heterocycles. The lowest BCUT2D eigenvalue weighted by molar-refractivity contribution is -0.131. The number of anilines is 2. The van der Waals surface area contributed by atoms with Crippen LogP contribution in [0.3, 0.4) is 0 Å². The maximum atomic E-state index is 12.4. The van der Waals surface area contributed by atoms with Crippen molar-refractivity contribution in [2.75, 3.05) is 36.4 Å². The van der Waals surface area contributed by atoms with Gasteiger partial charge in [0.25, 0.3) is 5.91 Å². The van der Waals surface area contributed by atoms with Gasteiger partial charge in [-0.2, -0.15) is 0 Å². The van der Waals surface area contributed by atoms with E-state index >= 15 is 0 Å². The van der Waals surface area contributed by atoms with E-state index in [9.17, 15) is 9.59 Å². The zero-order valence-electron chi connectivity index (χ0n) is 16.5. The Morgan fingerprint density at radius 3 is 2.53 bits per heavy atom. The summed E-state index contributed by atoms with van der Waals surface area (Å²) in [7, 11) is 0. The number of piperazine rings is 1. The summed E-state index contributed by atoms with van der Waals surface area (Å²) in [6.07, 6.45) is 0.514. The first-order chi connectivity index (χ1) is 14.4. The van der Waals surface area contributed by atoms with Crippen LogP contribution >= 0.6 is 39.7 Å². The van der Waals surface area contributed by atoms with Crippen molar-refractivity contribution >= 4 is 68.1 Å². The Morgan fingerprint density at radius 1 is 1.13 bits per heavy atom. The van der Waals surface area contributed by atoms with Crippen LogP contribution in [-0.4, -0.2) is 48.0 Å². The fourth-order valence-corrected chi connectivity index (χ4v) is 4.04. The number of carbonyl (C=O) groups is 2. The number of benzene rings is 2. The number of halogens is 2. The third-order valence-corrected chi connectivity index (χ3v) is 5.73. The maximum absolute atomic E-state index is 12.4. The molecule has 0 aliphatic carbocycles. The molecule has 2 amide bonds. The minimum atomic E-state index is -0.302. The van der Waals surface area contributed by atoms with Gasteiger partial charge in [0.15, 0.2) is 5.11 Å². The van der Waals surface area contributed by atoms with Crippen LogP contribution in [-0.2, 0) is 4.79 Å². The molecule has 2 N–H and O–H groups in total. The summed E-state index contributed by atoms with van der Waals surface area (Å²) in [6.45, 7) is 4.62. The second kappa shape index (κ2) is 10.2. The van der Waals surface area contributed by atoms with Crippen LogP contribution < -0.4 is 15.5 Å². The topological polar surface area (TPSA) is 64.7 Å². The van der Waals surface area contributed by atoms with E-state index in [2.05, 4.69) is 31.5 Å². The molecule has 158 valence electrons. The monoisotopic (exact) mass is 508 g/mol. The van der Waals surface area contributed by atoms with Crippen molar-refractivity contribution < 1.29 is 9.59 Å². The summed E-state index contributed by atoms with van der Waals surface area (Å²) in [5.74, 6) is -0.135. The Kier molecular flexibility index (Phi) is 7.69. The zero-order valence-corrected chi connectivity index (χ0v) is 19.6. The molecule has 3 rings (SSSR count). The number of rotatable bonds is 4. The van der Waals surface area contributed by atoms with Crippen LogP contribution in [0, 0.1) is 0 Å².